The van der Waals surface area contributed by atoms with Gasteiger partial charge in [-0.3, -0.25) is 4.90 Å². The molecule has 3 rings (SSSR count). The average molecular weight is 374 g/mol. The van der Waals surface area contributed by atoms with E-state index in [9.17, 15) is 0 Å². The van der Waals surface area contributed by atoms with Crippen LogP contribution in [-0.4, -0.2) is 11.4 Å². The summed E-state index contributed by atoms with van der Waals surface area (Å²) in [5.74, 6) is 7.16. The molecule has 148 valence electrons. The first-order chi connectivity index (χ1) is 13.8. The fourth-order valence-corrected chi connectivity index (χ4v) is 4.05. The number of unbranched alkanes of at least 4 members (excludes halogenated alkanes) is 6. The molecule has 1 atom stereocenters. The molecule has 1 aliphatic heterocycles. The number of aryl methyl sites for hydroxylation is 1. The smallest absolute Gasteiger partial charge is 0.0976 e. The van der Waals surface area contributed by atoms with E-state index in [0.29, 0.717) is 0 Å². The third-order valence-electron chi connectivity index (χ3n) is 5.78. The Morgan fingerprint density at radius 1 is 0.929 bits per heavy atom. The number of nitrogens with zero attached hydrogens (tertiary/aromatic N) is 1. The van der Waals surface area contributed by atoms with E-state index in [2.05, 4.69) is 79.1 Å². The quantitative estimate of drug-likeness (QED) is 0.361. The number of rotatable bonds is 8. The lowest BCUT2D eigenvalue weighted by Crippen LogP contribution is -2.34. The zero-order valence-electron chi connectivity index (χ0n) is 17.7. The highest BCUT2D eigenvalue weighted by atomic mass is 15.2. The van der Waals surface area contributed by atoms with Crippen molar-refractivity contribution < 1.29 is 0 Å². The van der Waals surface area contributed by atoms with E-state index >= 15 is 0 Å². The minimum atomic E-state index is 0.228. The normalized spacial score (nSPS) is 16.3. The van der Waals surface area contributed by atoms with E-state index in [-0.39, 0.29) is 6.04 Å². The van der Waals surface area contributed by atoms with Crippen molar-refractivity contribution in [2.45, 2.75) is 77.8 Å². The molecule has 0 aliphatic carbocycles. The van der Waals surface area contributed by atoms with Crippen LogP contribution in [0.4, 0.5) is 0 Å². The molecule has 1 nitrogen and oxygen atoms in total. The Labute approximate surface area is 172 Å². The first-order valence-corrected chi connectivity index (χ1v) is 11.1. The van der Waals surface area contributed by atoms with Gasteiger partial charge in [-0.25, -0.2) is 0 Å². The molecule has 1 heterocycles. The first kappa shape index (κ1) is 20.7. The molecule has 28 heavy (non-hydrogen) atoms. The van der Waals surface area contributed by atoms with E-state index in [0.717, 1.165) is 25.9 Å². The fraction of sp³-hybridized carbons (Fsp3) is 0.481. The molecule has 1 heteroatoms. The van der Waals surface area contributed by atoms with E-state index in [1.54, 1.807) is 0 Å². The van der Waals surface area contributed by atoms with Crippen LogP contribution < -0.4 is 0 Å². The molecular formula is C27H35N. The number of hydrogen-bond donors (Lipinski definition) is 0. The van der Waals surface area contributed by atoms with Crippen LogP contribution in [0.3, 0.4) is 0 Å². The molecule has 0 saturated carbocycles. The van der Waals surface area contributed by atoms with Crippen LogP contribution in [0, 0.1) is 18.8 Å². The molecule has 0 fully saturated rings. The Morgan fingerprint density at radius 3 is 2.50 bits per heavy atom. The van der Waals surface area contributed by atoms with Gasteiger partial charge in [0.15, 0.2) is 0 Å². The second-order valence-electron chi connectivity index (χ2n) is 8.15. The van der Waals surface area contributed by atoms with E-state index < -0.39 is 0 Å². The van der Waals surface area contributed by atoms with Gasteiger partial charge in [0.2, 0.25) is 0 Å². The molecule has 0 spiro atoms. The topological polar surface area (TPSA) is 3.24 Å². The van der Waals surface area contributed by atoms with Crippen molar-refractivity contribution in [1.29, 1.82) is 0 Å². The Balaban J connectivity index is 1.65. The van der Waals surface area contributed by atoms with Gasteiger partial charge in [0.05, 0.1) is 6.04 Å². The van der Waals surface area contributed by atoms with E-state index in [4.69, 9.17) is 0 Å². The lowest BCUT2D eigenvalue weighted by atomic mass is 9.92. The maximum atomic E-state index is 3.64. The van der Waals surface area contributed by atoms with Crippen molar-refractivity contribution in [1.82, 2.24) is 4.90 Å². The van der Waals surface area contributed by atoms with Gasteiger partial charge in [0.25, 0.3) is 0 Å². The molecule has 0 bridgehead atoms. The Morgan fingerprint density at radius 2 is 1.68 bits per heavy atom. The molecular weight excluding hydrogens is 338 g/mol. The van der Waals surface area contributed by atoms with Crippen LogP contribution in [0.2, 0.25) is 0 Å². The van der Waals surface area contributed by atoms with E-state index in [1.807, 2.05) is 0 Å². The van der Waals surface area contributed by atoms with Gasteiger partial charge in [-0.2, -0.15) is 0 Å². The van der Waals surface area contributed by atoms with Crippen LogP contribution in [0.1, 0.15) is 80.2 Å². The van der Waals surface area contributed by atoms with Crippen molar-refractivity contribution >= 4 is 0 Å². The highest BCUT2D eigenvalue weighted by molar-refractivity contribution is 5.38. The minimum Gasteiger partial charge on any atom is -0.281 e. The minimum absolute atomic E-state index is 0.228. The van der Waals surface area contributed by atoms with Crippen LogP contribution in [0.25, 0.3) is 0 Å². The summed E-state index contributed by atoms with van der Waals surface area (Å²) < 4.78 is 0. The van der Waals surface area contributed by atoms with Gasteiger partial charge in [-0.05, 0) is 36.5 Å². The van der Waals surface area contributed by atoms with Gasteiger partial charge < -0.3 is 0 Å². The zero-order chi connectivity index (χ0) is 19.6. The van der Waals surface area contributed by atoms with Crippen molar-refractivity contribution in [2.75, 3.05) is 6.54 Å². The Bertz CT molecular complexity index is 778. The van der Waals surface area contributed by atoms with Crippen LogP contribution in [0.5, 0.6) is 0 Å². The largest absolute Gasteiger partial charge is 0.281 e. The summed E-state index contributed by atoms with van der Waals surface area (Å²) in [4.78, 5) is 2.56. The zero-order valence-corrected chi connectivity index (χ0v) is 17.7. The van der Waals surface area contributed by atoms with Crippen molar-refractivity contribution in [3.8, 4) is 11.8 Å². The summed E-state index contributed by atoms with van der Waals surface area (Å²) in [7, 11) is 0. The fourth-order valence-electron chi connectivity index (χ4n) is 4.05. The first-order valence-electron chi connectivity index (χ1n) is 11.1. The molecule has 0 saturated heterocycles. The lowest BCUT2D eigenvalue weighted by Gasteiger charge is -2.34. The van der Waals surface area contributed by atoms with Crippen LogP contribution >= 0.6 is 0 Å². The predicted octanol–water partition coefficient (Wildman–Crippen LogP) is 6.85. The maximum Gasteiger partial charge on any atom is 0.0976 e. The second-order valence-corrected chi connectivity index (χ2v) is 8.15. The summed E-state index contributed by atoms with van der Waals surface area (Å²) in [5, 5.41) is 0. The number of fused-ring (bicyclic) bond motifs is 1. The Kier molecular flexibility index (Phi) is 8.19. The highest BCUT2D eigenvalue weighted by Crippen LogP contribution is 2.30. The van der Waals surface area contributed by atoms with E-state index in [1.165, 1.54) is 60.8 Å². The maximum absolute atomic E-state index is 3.64. The molecule has 2 aromatic carbocycles. The van der Waals surface area contributed by atoms with Crippen molar-refractivity contribution in [3.05, 3.63) is 70.8 Å². The number of hydrogen-bond acceptors (Lipinski definition) is 1. The molecule has 0 aromatic heterocycles. The summed E-state index contributed by atoms with van der Waals surface area (Å²) in [6, 6.07) is 18.1. The molecule has 1 aliphatic rings. The summed E-state index contributed by atoms with van der Waals surface area (Å²) >= 11 is 0. The summed E-state index contributed by atoms with van der Waals surface area (Å²) in [6.45, 7) is 6.49. The SMILES string of the molecule is CCCCCCCCC#C[C@@H]1c2ccccc2CCN1Cc1ccc(C)cc1. The van der Waals surface area contributed by atoms with Gasteiger partial charge >= 0.3 is 0 Å². The molecule has 2 aromatic rings. The predicted molar refractivity (Wildman–Crippen MR) is 120 cm³/mol. The van der Waals surface area contributed by atoms with Gasteiger partial charge in [0, 0.05) is 19.5 Å². The standard InChI is InChI=1S/C27H35N/c1-3-4-5-6-7-8-9-10-15-27-26-14-12-11-13-25(26)20-21-28(27)22-24-18-16-23(2)17-19-24/h11-14,16-19,27H,3-9,20-22H2,1-2H3/t27-/m1/s1. The summed E-state index contributed by atoms with van der Waals surface area (Å²) in [5.41, 5.74) is 5.59. The average Bonchev–Trinajstić information content (AvgIpc) is 2.72. The number of benzene rings is 2. The van der Waals surface area contributed by atoms with Crippen molar-refractivity contribution in [2.24, 2.45) is 0 Å². The third kappa shape index (κ3) is 5.98. The molecule has 0 N–H and O–H groups in total. The highest BCUT2D eigenvalue weighted by Gasteiger charge is 2.25. The van der Waals surface area contributed by atoms with Gasteiger partial charge in [0.1, 0.15) is 0 Å². The monoisotopic (exact) mass is 373 g/mol. The summed E-state index contributed by atoms with van der Waals surface area (Å²) in [6.07, 6.45) is 10.1. The Hall–Kier alpha value is -2.04. The molecule has 0 amide bonds. The second kappa shape index (κ2) is 11.1. The van der Waals surface area contributed by atoms with Crippen LogP contribution in [-0.2, 0) is 13.0 Å². The van der Waals surface area contributed by atoms with Gasteiger partial charge in [-0.1, -0.05) is 99.0 Å². The van der Waals surface area contributed by atoms with Crippen molar-refractivity contribution in [3.63, 3.8) is 0 Å². The third-order valence-corrected chi connectivity index (χ3v) is 5.78. The molecule has 0 radical (unpaired) electrons. The van der Waals surface area contributed by atoms with Gasteiger partial charge in [-0.15, -0.1) is 5.92 Å². The lowest BCUT2D eigenvalue weighted by molar-refractivity contribution is 0.216. The molecule has 0 unspecified atom stereocenters. The van der Waals surface area contributed by atoms with Crippen LogP contribution in [0.15, 0.2) is 48.5 Å².